The van der Waals surface area contributed by atoms with Crippen LogP contribution in [0.25, 0.3) is 0 Å². The lowest BCUT2D eigenvalue weighted by atomic mass is 10.2. The zero-order chi connectivity index (χ0) is 11.9. The van der Waals surface area contributed by atoms with E-state index in [1.807, 2.05) is 0 Å². The molecule has 0 aliphatic carbocycles. The smallest absolute Gasteiger partial charge is 0.250 e. The topological polar surface area (TPSA) is 73.0 Å². The van der Waals surface area contributed by atoms with Gasteiger partial charge in [0, 0.05) is 6.20 Å². The minimum atomic E-state index is -4.60. The standard InChI is InChI=1S/C7H7F3N2O2S/c1-4-2-6(7(8,9)10)12-3-5(4)15(11,13)14/h2-3H,1H3,(H2,11,13,14). The summed E-state index contributed by atoms with van der Waals surface area (Å²) in [6, 6.07) is 0.639. The molecule has 8 heteroatoms. The summed E-state index contributed by atoms with van der Waals surface area (Å²) in [7, 11) is -4.03. The highest BCUT2D eigenvalue weighted by Crippen LogP contribution is 2.28. The average molecular weight is 240 g/mol. The summed E-state index contributed by atoms with van der Waals surface area (Å²) in [4.78, 5) is 2.59. The van der Waals surface area contributed by atoms with Gasteiger partial charge < -0.3 is 0 Å². The number of aryl methyl sites for hydroxylation is 1. The van der Waals surface area contributed by atoms with Gasteiger partial charge in [0.2, 0.25) is 10.0 Å². The van der Waals surface area contributed by atoms with Gasteiger partial charge in [-0.15, -0.1) is 0 Å². The second-order valence-corrected chi connectivity index (χ2v) is 4.41. The molecule has 4 nitrogen and oxygen atoms in total. The number of sulfonamides is 1. The quantitative estimate of drug-likeness (QED) is 0.797. The summed E-state index contributed by atoms with van der Waals surface area (Å²) < 4.78 is 58.2. The Labute approximate surface area is 84.0 Å². The zero-order valence-corrected chi connectivity index (χ0v) is 8.35. The van der Waals surface area contributed by atoms with Gasteiger partial charge in [-0.25, -0.2) is 13.6 Å². The molecule has 2 N–H and O–H groups in total. The van der Waals surface area contributed by atoms with Crippen molar-refractivity contribution in [3.05, 3.63) is 23.5 Å². The van der Waals surface area contributed by atoms with Gasteiger partial charge in [0.25, 0.3) is 0 Å². The number of nitrogens with zero attached hydrogens (tertiary/aromatic N) is 1. The fourth-order valence-electron chi connectivity index (χ4n) is 0.996. The molecule has 0 bridgehead atoms. The summed E-state index contributed by atoms with van der Waals surface area (Å²) in [5.41, 5.74) is -1.23. The van der Waals surface area contributed by atoms with E-state index in [0.29, 0.717) is 12.3 Å². The van der Waals surface area contributed by atoms with Crippen LogP contribution >= 0.6 is 0 Å². The van der Waals surface area contributed by atoms with E-state index in [9.17, 15) is 21.6 Å². The van der Waals surface area contributed by atoms with Crippen molar-refractivity contribution in [2.75, 3.05) is 0 Å². The first-order chi connectivity index (χ1) is 6.62. The Hall–Kier alpha value is -1.15. The molecule has 0 aliphatic rings. The maximum atomic E-state index is 12.2. The summed E-state index contributed by atoms with van der Waals surface area (Å²) >= 11 is 0. The molecule has 0 radical (unpaired) electrons. The normalized spacial score (nSPS) is 12.9. The van der Waals surface area contributed by atoms with Crippen LogP contribution < -0.4 is 5.14 Å². The van der Waals surface area contributed by atoms with E-state index in [-0.39, 0.29) is 5.56 Å². The molecule has 0 aromatic carbocycles. The van der Waals surface area contributed by atoms with Gasteiger partial charge in [-0.1, -0.05) is 0 Å². The van der Waals surface area contributed by atoms with Gasteiger partial charge in [0.15, 0.2) is 0 Å². The molecule has 0 spiro atoms. The van der Waals surface area contributed by atoms with Gasteiger partial charge in [-0.05, 0) is 18.6 Å². The number of nitrogens with two attached hydrogens (primary N) is 1. The van der Waals surface area contributed by atoms with Gasteiger partial charge >= 0.3 is 6.18 Å². The molecule has 0 amide bonds. The largest absolute Gasteiger partial charge is 0.433 e. The third kappa shape index (κ3) is 2.66. The maximum absolute atomic E-state index is 12.2. The number of alkyl halides is 3. The minimum absolute atomic E-state index is 0.0835. The molecule has 84 valence electrons. The first kappa shape index (κ1) is 11.9. The summed E-state index contributed by atoms with van der Waals surface area (Å²) in [6.07, 6.45) is -3.99. The highest BCUT2D eigenvalue weighted by atomic mass is 32.2. The number of halogens is 3. The number of primary sulfonamides is 1. The van der Waals surface area contributed by atoms with E-state index in [1.165, 1.54) is 6.92 Å². The van der Waals surface area contributed by atoms with Crippen LogP contribution in [0.5, 0.6) is 0 Å². The summed E-state index contributed by atoms with van der Waals surface area (Å²) in [5.74, 6) is 0. The minimum Gasteiger partial charge on any atom is -0.250 e. The molecular weight excluding hydrogens is 233 g/mol. The number of hydrogen-bond acceptors (Lipinski definition) is 3. The van der Waals surface area contributed by atoms with Crippen LogP contribution in [-0.2, 0) is 16.2 Å². The molecule has 0 unspecified atom stereocenters. The fourth-order valence-corrected chi connectivity index (χ4v) is 1.70. The maximum Gasteiger partial charge on any atom is 0.433 e. The third-order valence-corrected chi connectivity index (χ3v) is 2.70. The van der Waals surface area contributed by atoms with Crippen LogP contribution in [-0.4, -0.2) is 13.4 Å². The summed E-state index contributed by atoms with van der Waals surface area (Å²) in [6.45, 7) is 1.22. The Balaban J connectivity index is 3.34. The lowest BCUT2D eigenvalue weighted by Crippen LogP contribution is -2.16. The SMILES string of the molecule is Cc1cc(C(F)(F)F)ncc1S(N)(=O)=O. The van der Waals surface area contributed by atoms with Crippen molar-refractivity contribution in [3.8, 4) is 0 Å². The third-order valence-electron chi connectivity index (χ3n) is 1.66. The van der Waals surface area contributed by atoms with E-state index in [2.05, 4.69) is 4.98 Å². The van der Waals surface area contributed by atoms with Crippen molar-refractivity contribution >= 4 is 10.0 Å². The van der Waals surface area contributed by atoms with Crippen molar-refractivity contribution in [2.45, 2.75) is 18.0 Å². The summed E-state index contributed by atoms with van der Waals surface area (Å²) in [5, 5.41) is 4.77. The Morgan fingerprint density at radius 3 is 2.27 bits per heavy atom. The van der Waals surface area contributed by atoms with Gasteiger partial charge in [-0.3, -0.25) is 4.98 Å². The second-order valence-electron chi connectivity index (χ2n) is 2.88. The van der Waals surface area contributed by atoms with Gasteiger partial charge in [0.05, 0.1) is 0 Å². The fraction of sp³-hybridized carbons (Fsp3) is 0.286. The first-order valence-corrected chi connectivity index (χ1v) is 5.23. The highest BCUT2D eigenvalue weighted by Gasteiger charge is 2.33. The predicted molar refractivity (Wildman–Crippen MR) is 45.3 cm³/mol. The number of pyridine rings is 1. The van der Waals surface area contributed by atoms with Crippen LogP contribution in [0.15, 0.2) is 17.2 Å². The molecule has 1 rings (SSSR count). The molecule has 1 aromatic rings. The van der Waals surface area contributed by atoms with Crippen molar-refractivity contribution < 1.29 is 21.6 Å². The average Bonchev–Trinajstić information content (AvgIpc) is 1.99. The molecule has 15 heavy (non-hydrogen) atoms. The van der Waals surface area contributed by atoms with E-state index in [1.54, 1.807) is 0 Å². The lowest BCUT2D eigenvalue weighted by Gasteiger charge is -2.08. The first-order valence-electron chi connectivity index (χ1n) is 3.69. The Bertz CT molecular complexity index is 481. The van der Waals surface area contributed by atoms with Crippen LogP contribution in [0.4, 0.5) is 13.2 Å². The van der Waals surface area contributed by atoms with Gasteiger partial charge in [0.1, 0.15) is 10.6 Å². The van der Waals surface area contributed by atoms with Crippen LogP contribution in [0, 0.1) is 6.92 Å². The van der Waals surface area contributed by atoms with E-state index in [0.717, 1.165) is 0 Å². The Kier molecular flexibility index (Phi) is 2.75. The monoisotopic (exact) mass is 240 g/mol. The number of aromatic nitrogens is 1. The molecule has 0 atom stereocenters. The molecule has 1 aromatic heterocycles. The van der Waals surface area contributed by atoms with Crippen molar-refractivity contribution in [1.82, 2.24) is 4.98 Å². The second kappa shape index (κ2) is 3.46. The molecular formula is C7H7F3N2O2S. The predicted octanol–water partition coefficient (Wildman–Crippen LogP) is 1.06. The molecule has 0 saturated carbocycles. The van der Waals surface area contributed by atoms with Gasteiger partial charge in [-0.2, -0.15) is 13.2 Å². The van der Waals surface area contributed by atoms with Crippen molar-refractivity contribution in [2.24, 2.45) is 5.14 Å². The lowest BCUT2D eigenvalue weighted by molar-refractivity contribution is -0.141. The van der Waals surface area contributed by atoms with Crippen LogP contribution in [0.3, 0.4) is 0 Å². The molecule has 0 aliphatic heterocycles. The van der Waals surface area contributed by atoms with Crippen molar-refractivity contribution in [3.63, 3.8) is 0 Å². The number of rotatable bonds is 1. The Morgan fingerprint density at radius 1 is 1.40 bits per heavy atom. The highest BCUT2D eigenvalue weighted by molar-refractivity contribution is 7.89. The zero-order valence-electron chi connectivity index (χ0n) is 7.54. The van der Waals surface area contributed by atoms with Crippen molar-refractivity contribution in [1.29, 1.82) is 0 Å². The van der Waals surface area contributed by atoms with E-state index in [4.69, 9.17) is 5.14 Å². The van der Waals surface area contributed by atoms with E-state index < -0.39 is 26.8 Å². The molecule has 0 saturated heterocycles. The Morgan fingerprint density at radius 2 is 1.93 bits per heavy atom. The molecule has 1 heterocycles. The van der Waals surface area contributed by atoms with Crippen LogP contribution in [0.1, 0.15) is 11.3 Å². The van der Waals surface area contributed by atoms with E-state index >= 15 is 0 Å². The van der Waals surface area contributed by atoms with Crippen LogP contribution in [0.2, 0.25) is 0 Å². The number of hydrogen-bond donors (Lipinski definition) is 1. The molecule has 0 fully saturated rings.